The minimum absolute atomic E-state index is 0.0654. The van der Waals surface area contributed by atoms with E-state index in [0.29, 0.717) is 39.0 Å². The lowest BCUT2D eigenvalue weighted by atomic mass is 10.3. The van der Waals surface area contributed by atoms with Crippen LogP contribution in [-0.4, -0.2) is 26.4 Å². The molecule has 0 saturated carbocycles. The summed E-state index contributed by atoms with van der Waals surface area (Å²) in [5.41, 5.74) is 0.305. The zero-order valence-corrected chi connectivity index (χ0v) is 19.8. The van der Waals surface area contributed by atoms with E-state index in [0.717, 1.165) is 0 Å². The molecule has 31 heavy (non-hydrogen) atoms. The summed E-state index contributed by atoms with van der Waals surface area (Å²) >= 11 is 25.4. The molecule has 1 amide bonds. The molecular weight excluding hydrogens is 502 g/mol. The standard InChI is InChI=1S/C20H16Cl4N4O2S/c1-2-7-28-17(10-30-16-6-4-3-5-13(16)22)26-27-20(28)31-11-18(29)25-19-14(23)8-12(21)9-15(19)24/h2-6,8-9H,1,7,10-11H2,(H,25,29). The molecule has 0 fully saturated rings. The van der Waals surface area contributed by atoms with Crippen LogP contribution >= 0.6 is 58.2 Å². The van der Waals surface area contributed by atoms with Crippen molar-refractivity contribution in [3.05, 3.63) is 75.0 Å². The predicted molar refractivity (Wildman–Crippen MR) is 127 cm³/mol. The fourth-order valence-corrected chi connectivity index (χ4v) is 4.38. The average molecular weight is 518 g/mol. The number of para-hydroxylation sites is 1. The van der Waals surface area contributed by atoms with Gasteiger partial charge in [-0.15, -0.1) is 16.8 Å². The number of thioether (sulfide) groups is 1. The lowest BCUT2D eigenvalue weighted by Gasteiger charge is -2.11. The smallest absolute Gasteiger partial charge is 0.234 e. The Kier molecular flexibility index (Phi) is 8.51. The van der Waals surface area contributed by atoms with Gasteiger partial charge in [-0.3, -0.25) is 9.36 Å². The topological polar surface area (TPSA) is 69.0 Å². The molecule has 0 radical (unpaired) electrons. The molecule has 162 valence electrons. The maximum atomic E-state index is 12.4. The van der Waals surface area contributed by atoms with Crippen molar-refractivity contribution in [2.75, 3.05) is 11.1 Å². The van der Waals surface area contributed by atoms with Gasteiger partial charge in [0.1, 0.15) is 12.4 Å². The van der Waals surface area contributed by atoms with E-state index in [1.807, 2.05) is 16.7 Å². The first-order valence-electron chi connectivity index (χ1n) is 8.86. The fraction of sp³-hybridized carbons (Fsp3) is 0.150. The molecule has 0 atom stereocenters. The van der Waals surface area contributed by atoms with Gasteiger partial charge in [0.05, 0.1) is 26.5 Å². The third-order valence-electron chi connectivity index (χ3n) is 3.90. The molecule has 0 spiro atoms. The molecule has 1 N–H and O–H groups in total. The van der Waals surface area contributed by atoms with Crippen molar-refractivity contribution < 1.29 is 9.53 Å². The number of allylic oxidation sites excluding steroid dienone is 1. The normalized spacial score (nSPS) is 10.7. The molecule has 2 aromatic carbocycles. The number of hydrogen-bond donors (Lipinski definition) is 1. The fourth-order valence-electron chi connectivity index (χ4n) is 2.52. The number of rotatable bonds is 9. The Morgan fingerprint density at radius 2 is 1.84 bits per heavy atom. The SMILES string of the molecule is C=CCn1c(COc2ccccc2Cl)nnc1SCC(=O)Nc1c(Cl)cc(Cl)cc1Cl. The number of ether oxygens (including phenoxy) is 1. The number of hydrogen-bond acceptors (Lipinski definition) is 5. The second-order valence-electron chi connectivity index (χ2n) is 6.10. The first kappa shape index (κ1) is 23.8. The number of nitrogens with zero attached hydrogens (tertiary/aromatic N) is 3. The Hall–Kier alpha value is -1.90. The summed E-state index contributed by atoms with van der Waals surface area (Å²) in [5, 5.41) is 13.0. The van der Waals surface area contributed by atoms with Crippen molar-refractivity contribution in [2.45, 2.75) is 18.3 Å². The molecule has 0 saturated heterocycles. The highest BCUT2D eigenvalue weighted by Crippen LogP contribution is 2.34. The molecule has 6 nitrogen and oxygen atoms in total. The Morgan fingerprint density at radius 3 is 2.52 bits per heavy atom. The molecule has 0 aliphatic rings. The average Bonchev–Trinajstić information content (AvgIpc) is 3.10. The monoisotopic (exact) mass is 516 g/mol. The number of aromatic nitrogens is 3. The molecule has 1 aromatic heterocycles. The van der Waals surface area contributed by atoms with E-state index >= 15 is 0 Å². The number of carbonyl (C=O) groups excluding carboxylic acids is 1. The summed E-state index contributed by atoms with van der Waals surface area (Å²) in [6.45, 7) is 4.37. The minimum Gasteiger partial charge on any atom is -0.484 e. The number of amides is 1. The molecule has 3 rings (SSSR count). The Morgan fingerprint density at radius 1 is 1.13 bits per heavy atom. The maximum Gasteiger partial charge on any atom is 0.234 e. The van der Waals surface area contributed by atoms with Crippen LogP contribution in [0.1, 0.15) is 5.82 Å². The Bertz CT molecular complexity index is 1080. The summed E-state index contributed by atoms with van der Waals surface area (Å²) in [7, 11) is 0. The number of halogens is 4. The van der Waals surface area contributed by atoms with Gasteiger partial charge in [-0.05, 0) is 24.3 Å². The zero-order valence-electron chi connectivity index (χ0n) is 15.9. The van der Waals surface area contributed by atoms with Gasteiger partial charge in [-0.25, -0.2) is 0 Å². The number of benzene rings is 2. The van der Waals surface area contributed by atoms with Crippen LogP contribution in [0.15, 0.2) is 54.2 Å². The van der Waals surface area contributed by atoms with E-state index in [4.69, 9.17) is 51.1 Å². The van der Waals surface area contributed by atoms with Crippen molar-refractivity contribution in [3.8, 4) is 5.75 Å². The van der Waals surface area contributed by atoms with E-state index in [-0.39, 0.29) is 28.3 Å². The van der Waals surface area contributed by atoms with Crippen molar-refractivity contribution in [2.24, 2.45) is 0 Å². The van der Waals surface area contributed by atoms with E-state index in [2.05, 4.69) is 22.1 Å². The highest BCUT2D eigenvalue weighted by Gasteiger charge is 2.16. The zero-order chi connectivity index (χ0) is 22.4. The molecule has 11 heteroatoms. The molecule has 0 aliphatic heterocycles. The predicted octanol–water partition coefficient (Wildman–Crippen LogP) is 6.39. The third kappa shape index (κ3) is 6.30. The summed E-state index contributed by atoms with van der Waals surface area (Å²) in [5.74, 6) is 0.878. The molecule has 0 aliphatic carbocycles. The van der Waals surface area contributed by atoms with Crippen molar-refractivity contribution in [1.82, 2.24) is 14.8 Å². The molecule has 0 bridgehead atoms. The minimum atomic E-state index is -0.307. The van der Waals surface area contributed by atoms with Crippen LogP contribution in [0.3, 0.4) is 0 Å². The van der Waals surface area contributed by atoms with Crippen LogP contribution in [0, 0.1) is 0 Å². The summed E-state index contributed by atoms with van der Waals surface area (Å²) < 4.78 is 7.56. The third-order valence-corrected chi connectivity index (χ3v) is 6.00. The molecule has 3 aromatic rings. The summed E-state index contributed by atoms with van der Waals surface area (Å²) in [6, 6.07) is 10.2. The van der Waals surface area contributed by atoms with Crippen molar-refractivity contribution >= 4 is 69.8 Å². The van der Waals surface area contributed by atoms with Crippen LogP contribution < -0.4 is 10.1 Å². The van der Waals surface area contributed by atoms with Gasteiger partial charge >= 0.3 is 0 Å². The van der Waals surface area contributed by atoms with Gasteiger partial charge in [0.15, 0.2) is 11.0 Å². The van der Waals surface area contributed by atoms with E-state index in [9.17, 15) is 4.79 Å². The van der Waals surface area contributed by atoms with E-state index < -0.39 is 0 Å². The number of anilines is 1. The lowest BCUT2D eigenvalue weighted by Crippen LogP contribution is -2.15. The Balaban J connectivity index is 1.65. The second-order valence-corrected chi connectivity index (χ2v) is 8.70. The van der Waals surface area contributed by atoms with Crippen LogP contribution in [0.5, 0.6) is 5.75 Å². The molecular formula is C20H16Cl4N4O2S. The van der Waals surface area contributed by atoms with Crippen LogP contribution in [0.4, 0.5) is 5.69 Å². The molecule has 0 unspecified atom stereocenters. The first-order valence-corrected chi connectivity index (χ1v) is 11.4. The van der Waals surface area contributed by atoms with Gasteiger partial charge < -0.3 is 10.1 Å². The van der Waals surface area contributed by atoms with Gasteiger partial charge in [0, 0.05) is 11.6 Å². The van der Waals surface area contributed by atoms with Gasteiger partial charge in [0.25, 0.3) is 0 Å². The summed E-state index contributed by atoms with van der Waals surface area (Å²) in [4.78, 5) is 12.4. The van der Waals surface area contributed by atoms with Gasteiger partial charge in [-0.2, -0.15) is 0 Å². The molecule has 1 heterocycles. The number of carbonyl (C=O) groups is 1. The number of nitrogens with one attached hydrogen (secondary N) is 1. The van der Waals surface area contributed by atoms with Crippen LogP contribution in [0.25, 0.3) is 0 Å². The lowest BCUT2D eigenvalue weighted by molar-refractivity contribution is -0.113. The second kappa shape index (κ2) is 11.1. The quantitative estimate of drug-likeness (QED) is 0.263. The Labute approximate surface area is 203 Å². The van der Waals surface area contributed by atoms with E-state index in [1.165, 1.54) is 23.9 Å². The highest BCUT2D eigenvalue weighted by molar-refractivity contribution is 7.99. The first-order chi connectivity index (χ1) is 14.9. The largest absolute Gasteiger partial charge is 0.484 e. The van der Waals surface area contributed by atoms with Crippen LogP contribution in [0.2, 0.25) is 20.1 Å². The highest BCUT2D eigenvalue weighted by atomic mass is 35.5. The van der Waals surface area contributed by atoms with Gasteiger partial charge in [-0.1, -0.05) is 76.4 Å². The van der Waals surface area contributed by atoms with Crippen molar-refractivity contribution in [3.63, 3.8) is 0 Å². The summed E-state index contributed by atoms with van der Waals surface area (Å²) in [6.07, 6.45) is 1.71. The van der Waals surface area contributed by atoms with Crippen LogP contribution in [-0.2, 0) is 17.9 Å². The van der Waals surface area contributed by atoms with Gasteiger partial charge in [0.2, 0.25) is 5.91 Å². The van der Waals surface area contributed by atoms with Crippen molar-refractivity contribution in [1.29, 1.82) is 0 Å². The maximum absolute atomic E-state index is 12.4. The van der Waals surface area contributed by atoms with E-state index in [1.54, 1.807) is 18.2 Å².